The third kappa shape index (κ3) is 5.02. The van der Waals surface area contributed by atoms with Gasteiger partial charge in [-0.2, -0.15) is 0 Å². The Morgan fingerprint density at radius 3 is 2.71 bits per heavy atom. The molecule has 1 aliphatic rings. The molecule has 1 unspecified atom stereocenters. The number of morpholine rings is 1. The SMILES string of the molecule is CCN(C)C(=O)C(C)NCCN1CCOCC1. The van der Waals surface area contributed by atoms with Crippen molar-refractivity contribution in [2.45, 2.75) is 19.9 Å². The van der Waals surface area contributed by atoms with Crippen molar-refractivity contribution < 1.29 is 9.53 Å². The zero-order chi connectivity index (χ0) is 12.7. The van der Waals surface area contributed by atoms with E-state index < -0.39 is 0 Å². The van der Waals surface area contributed by atoms with Gasteiger partial charge in [-0.3, -0.25) is 9.69 Å². The molecule has 100 valence electrons. The van der Waals surface area contributed by atoms with Crippen molar-refractivity contribution in [3.8, 4) is 0 Å². The Morgan fingerprint density at radius 1 is 1.47 bits per heavy atom. The molecule has 1 amide bonds. The average Bonchev–Trinajstić information content (AvgIpc) is 2.38. The van der Waals surface area contributed by atoms with Gasteiger partial charge in [0.05, 0.1) is 19.3 Å². The van der Waals surface area contributed by atoms with Crippen LogP contribution in [-0.4, -0.2) is 74.7 Å². The predicted molar refractivity (Wildman–Crippen MR) is 68.0 cm³/mol. The van der Waals surface area contributed by atoms with Gasteiger partial charge in [0.15, 0.2) is 0 Å². The molecule has 0 aromatic rings. The van der Waals surface area contributed by atoms with Gasteiger partial charge in [-0.25, -0.2) is 0 Å². The van der Waals surface area contributed by atoms with Crippen LogP contribution in [0.25, 0.3) is 0 Å². The van der Waals surface area contributed by atoms with Crippen molar-refractivity contribution in [2.75, 3.05) is 53.0 Å². The van der Waals surface area contributed by atoms with Gasteiger partial charge in [-0.15, -0.1) is 0 Å². The highest BCUT2D eigenvalue weighted by Gasteiger charge is 2.16. The summed E-state index contributed by atoms with van der Waals surface area (Å²) in [7, 11) is 1.84. The van der Waals surface area contributed by atoms with E-state index in [0.29, 0.717) is 0 Å². The highest BCUT2D eigenvalue weighted by molar-refractivity contribution is 5.81. The maximum Gasteiger partial charge on any atom is 0.239 e. The summed E-state index contributed by atoms with van der Waals surface area (Å²) in [6.45, 7) is 10.2. The van der Waals surface area contributed by atoms with E-state index in [-0.39, 0.29) is 11.9 Å². The fourth-order valence-corrected chi connectivity index (χ4v) is 1.84. The molecule has 0 radical (unpaired) electrons. The minimum absolute atomic E-state index is 0.0963. The molecule has 0 spiro atoms. The summed E-state index contributed by atoms with van der Waals surface area (Å²) in [4.78, 5) is 15.9. The van der Waals surface area contributed by atoms with Crippen molar-refractivity contribution in [3.05, 3.63) is 0 Å². The highest BCUT2D eigenvalue weighted by atomic mass is 16.5. The number of carbonyl (C=O) groups is 1. The number of carbonyl (C=O) groups excluding carboxylic acids is 1. The lowest BCUT2D eigenvalue weighted by molar-refractivity contribution is -0.131. The Hall–Kier alpha value is -0.650. The van der Waals surface area contributed by atoms with Crippen LogP contribution < -0.4 is 5.32 Å². The Kier molecular flexibility index (Phi) is 6.47. The molecule has 0 aromatic heterocycles. The first-order valence-electron chi connectivity index (χ1n) is 6.43. The highest BCUT2D eigenvalue weighted by Crippen LogP contribution is 1.96. The van der Waals surface area contributed by atoms with Crippen molar-refractivity contribution in [3.63, 3.8) is 0 Å². The summed E-state index contributed by atoms with van der Waals surface area (Å²) in [5, 5.41) is 3.27. The van der Waals surface area contributed by atoms with Gasteiger partial charge in [0.1, 0.15) is 0 Å². The maximum atomic E-state index is 11.8. The number of rotatable bonds is 6. The third-order valence-corrected chi connectivity index (χ3v) is 3.20. The van der Waals surface area contributed by atoms with E-state index in [1.54, 1.807) is 4.90 Å². The molecule has 5 nitrogen and oxygen atoms in total. The minimum atomic E-state index is -0.0963. The van der Waals surface area contributed by atoms with Crippen molar-refractivity contribution in [2.24, 2.45) is 0 Å². The van der Waals surface area contributed by atoms with Crippen molar-refractivity contribution in [1.82, 2.24) is 15.1 Å². The second kappa shape index (κ2) is 7.63. The number of ether oxygens (including phenoxy) is 1. The summed E-state index contributed by atoms with van der Waals surface area (Å²) < 4.78 is 5.29. The van der Waals surface area contributed by atoms with Gasteiger partial charge in [-0.05, 0) is 13.8 Å². The standard InChI is InChI=1S/C12H25N3O2/c1-4-14(3)12(16)11(2)13-5-6-15-7-9-17-10-8-15/h11,13H,4-10H2,1-3H3. The molecule has 1 heterocycles. The lowest BCUT2D eigenvalue weighted by Crippen LogP contribution is -2.46. The average molecular weight is 243 g/mol. The van der Waals surface area contributed by atoms with E-state index >= 15 is 0 Å². The van der Waals surface area contributed by atoms with Gasteiger partial charge in [0.2, 0.25) is 5.91 Å². The number of nitrogens with one attached hydrogen (secondary N) is 1. The molecule has 0 saturated carbocycles. The van der Waals surface area contributed by atoms with Crippen LogP contribution in [0.2, 0.25) is 0 Å². The molecule has 17 heavy (non-hydrogen) atoms. The number of likely N-dealkylation sites (N-methyl/N-ethyl adjacent to an activating group) is 1. The molecule has 1 atom stereocenters. The van der Waals surface area contributed by atoms with Crippen LogP contribution in [0.15, 0.2) is 0 Å². The molecule has 1 aliphatic heterocycles. The summed E-state index contributed by atoms with van der Waals surface area (Å²) >= 11 is 0. The summed E-state index contributed by atoms with van der Waals surface area (Å²) in [5.74, 6) is 0.162. The molecular weight excluding hydrogens is 218 g/mol. The third-order valence-electron chi connectivity index (χ3n) is 3.20. The van der Waals surface area contributed by atoms with Crippen LogP contribution in [0.4, 0.5) is 0 Å². The zero-order valence-electron chi connectivity index (χ0n) is 11.2. The molecule has 1 fully saturated rings. The van der Waals surface area contributed by atoms with Crippen LogP contribution in [0, 0.1) is 0 Å². The first-order chi connectivity index (χ1) is 8.15. The number of hydrogen-bond acceptors (Lipinski definition) is 4. The van der Waals surface area contributed by atoms with Crippen LogP contribution in [0.3, 0.4) is 0 Å². The Bertz CT molecular complexity index is 230. The number of nitrogens with zero attached hydrogens (tertiary/aromatic N) is 2. The Morgan fingerprint density at radius 2 is 2.12 bits per heavy atom. The van der Waals surface area contributed by atoms with Crippen LogP contribution in [0.1, 0.15) is 13.8 Å². The minimum Gasteiger partial charge on any atom is -0.379 e. The van der Waals surface area contributed by atoms with E-state index in [4.69, 9.17) is 4.74 Å². The predicted octanol–water partition coefficient (Wildman–Crippen LogP) is -0.225. The molecule has 0 bridgehead atoms. The smallest absolute Gasteiger partial charge is 0.239 e. The lowest BCUT2D eigenvalue weighted by atomic mass is 10.3. The Balaban J connectivity index is 2.14. The molecule has 0 aromatic carbocycles. The molecule has 1 N–H and O–H groups in total. The molecule has 1 saturated heterocycles. The van der Waals surface area contributed by atoms with Gasteiger partial charge >= 0.3 is 0 Å². The molecular formula is C12H25N3O2. The van der Waals surface area contributed by atoms with Crippen molar-refractivity contribution >= 4 is 5.91 Å². The maximum absolute atomic E-state index is 11.8. The number of hydrogen-bond donors (Lipinski definition) is 1. The zero-order valence-corrected chi connectivity index (χ0v) is 11.2. The lowest BCUT2D eigenvalue weighted by Gasteiger charge is -2.27. The summed E-state index contributed by atoms with van der Waals surface area (Å²) in [6.07, 6.45) is 0. The largest absolute Gasteiger partial charge is 0.379 e. The number of amides is 1. The fourth-order valence-electron chi connectivity index (χ4n) is 1.84. The molecule has 5 heteroatoms. The summed E-state index contributed by atoms with van der Waals surface area (Å²) in [6, 6.07) is -0.0963. The van der Waals surface area contributed by atoms with Crippen LogP contribution >= 0.6 is 0 Å². The van der Waals surface area contributed by atoms with Gasteiger partial charge in [-0.1, -0.05) is 0 Å². The van der Waals surface area contributed by atoms with E-state index in [1.807, 2.05) is 20.9 Å². The fraction of sp³-hybridized carbons (Fsp3) is 0.917. The van der Waals surface area contributed by atoms with E-state index in [1.165, 1.54) is 0 Å². The Labute approximate surface area is 104 Å². The quantitative estimate of drug-likeness (QED) is 0.700. The van der Waals surface area contributed by atoms with Crippen LogP contribution in [-0.2, 0) is 9.53 Å². The van der Waals surface area contributed by atoms with Gasteiger partial charge in [0.25, 0.3) is 0 Å². The van der Waals surface area contributed by atoms with E-state index in [2.05, 4.69) is 10.2 Å². The monoisotopic (exact) mass is 243 g/mol. The van der Waals surface area contributed by atoms with E-state index in [0.717, 1.165) is 45.9 Å². The topological polar surface area (TPSA) is 44.8 Å². The molecule has 0 aliphatic carbocycles. The first-order valence-corrected chi connectivity index (χ1v) is 6.43. The van der Waals surface area contributed by atoms with Gasteiger partial charge in [0, 0.05) is 39.8 Å². The van der Waals surface area contributed by atoms with E-state index in [9.17, 15) is 4.79 Å². The summed E-state index contributed by atoms with van der Waals surface area (Å²) in [5.41, 5.74) is 0. The first kappa shape index (κ1) is 14.4. The van der Waals surface area contributed by atoms with Gasteiger partial charge < -0.3 is 15.0 Å². The normalized spacial score (nSPS) is 19.0. The molecule has 1 rings (SSSR count). The van der Waals surface area contributed by atoms with Crippen LogP contribution in [0.5, 0.6) is 0 Å². The van der Waals surface area contributed by atoms with Crippen molar-refractivity contribution in [1.29, 1.82) is 0 Å². The second-order valence-corrected chi connectivity index (χ2v) is 4.48. The second-order valence-electron chi connectivity index (χ2n) is 4.48.